The van der Waals surface area contributed by atoms with Crippen LogP contribution in [0.5, 0.6) is 0 Å². The number of hydrogen-bond donors (Lipinski definition) is 1. The molecule has 3 nitrogen and oxygen atoms in total. The highest BCUT2D eigenvalue weighted by molar-refractivity contribution is 7.91. The monoisotopic (exact) mass is 297 g/mol. The molecule has 0 bridgehead atoms. The first-order valence-electron chi connectivity index (χ1n) is 7.40. The zero-order valence-electron chi connectivity index (χ0n) is 12.9. The van der Waals surface area contributed by atoms with Gasteiger partial charge in [0.05, 0.1) is 5.75 Å². The third-order valence-electron chi connectivity index (χ3n) is 3.98. The van der Waals surface area contributed by atoms with E-state index in [1.807, 2.05) is 32.2 Å². The molecule has 1 unspecified atom stereocenters. The standard InChI is InChI=1S/C16H27NO2S/c1-4-12-20(18,19)13-11-16(5-2,14-17-3)15-9-7-6-8-10-15/h6-10,17H,4-5,11-14H2,1-3H3. The molecule has 0 amide bonds. The van der Waals surface area contributed by atoms with Crippen molar-refractivity contribution in [3.8, 4) is 0 Å². The Morgan fingerprint density at radius 1 is 1.10 bits per heavy atom. The molecule has 0 aromatic heterocycles. The van der Waals surface area contributed by atoms with Gasteiger partial charge in [-0.2, -0.15) is 0 Å². The van der Waals surface area contributed by atoms with Crippen molar-refractivity contribution in [2.45, 2.75) is 38.5 Å². The summed E-state index contributed by atoms with van der Waals surface area (Å²) in [5.41, 5.74) is 1.13. The van der Waals surface area contributed by atoms with Crippen molar-refractivity contribution in [3.63, 3.8) is 0 Å². The third kappa shape index (κ3) is 4.60. The molecule has 0 radical (unpaired) electrons. The van der Waals surface area contributed by atoms with Crippen LogP contribution in [0.3, 0.4) is 0 Å². The Kier molecular flexibility index (Phi) is 6.69. The summed E-state index contributed by atoms with van der Waals surface area (Å²) in [4.78, 5) is 0. The Balaban J connectivity index is 2.95. The second kappa shape index (κ2) is 7.79. The fourth-order valence-electron chi connectivity index (χ4n) is 2.73. The first kappa shape index (κ1) is 17.2. The minimum atomic E-state index is -2.93. The lowest BCUT2D eigenvalue weighted by Gasteiger charge is -2.33. The second-order valence-corrected chi connectivity index (χ2v) is 7.74. The lowest BCUT2D eigenvalue weighted by atomic mass is 9.76. The summed E-state index contributed by atoms with van der Waals surface area (Å²) in [6.07, 6.45) is 2.30. The van der Waals surface area contributed by atoms with Gasteiger partial charge in [-0.25, -0.2) is 8.42 Å². The number of rotatable bonds is 9. The Hall–Kier alpha value is -0.870. The molecule has 0 fully saturated rings. The van der Waals surface area contributed by atoms with Crippen LogP contribution in [0.1, 0.15) is 38.7 Å². The normalized spacial score (nSPS) is 14.9. The molecule has 0 aliphatic heterocycles. The van der Waals surface area contributed by atoms with Crippen molar-refractivity contribution in [1.29, 1.82) is 0 Å². The van der Waals surface area contributed by atoms with Crippen LogP contribution in [0.25, 0.3) is 0 Å². The molecule has 1 rings (SSSR count). The maximum Gasteiger partial charge on any atom is 0.150 e. The SMILES string of the molecule is CCCS(=O)(=O)CCC(CC)(CNC)c1ccccc1. The van der Waals surface area contributed by atoms with Crippen molar-refractivity contribution >= 4 is 9.84 Å². The Bertz CT molecular complexity index is 484. The maximum absolute atomic E-state index is 12.0. The van der Waals surface area contributed by atoms with Gasteiger partial charge in [-0.05, 0) is 31.9 Å². The van der Waals surface area contributed by atoms with Crippen LogP contribution in [-0.2, 0) is 15.3 Å². The van der Waals surface area contributed by atoms with E-state index in [4.69, 9.17) is 0 Å². The largest absolute Gasteiger partial charge is 0.319 e. The highest BCUT2D eigenvalue weighted by Crippen LogP contribution is 2.31. The van der Waals surface area contributed by atoms with Crippen molar-refractivity contribution < 1.29 is 8.42 Å². The van der Waals surface area contributed by atoms with E-state index in [9.17, 15) is 8.42 Å². The first-order chi connectivity index (χ1) is 9.49. The predicted octanol–water partition coefficient (Wildman–Crippen LogP) is 2.77. The van der Waals surface area contributed by atoms with Gasteiger partial charge in [-0.15, -0.1) is 0 Å². The van der Waals surface area contributed by atoms with Crippen molar-refractivity contribution in [2.24, 2.45) is 0 Å². The van der Waals surface area contributed by atoms with Crippen LogP contribution in [0, 0.1) is 0 Å². The molecule has 0 saturated carbocycles. The minimum absolute atomic E-state index is 0.100. The lowest BCUT2D eigenvalue weighted by Crippen LogP contribution is -2.38. The average Bonchev–Trinajstić information content (AvgIpc) is 2.44. The van der Waals surface area contributed by atoms with Gasteiger partial charge < -0.3 is 5.32 Å². The fraction of sp³-hybridized carbons (Fsp3) is 0.625. The molecule has 0 aliphatic carbocycles. The molecule has 4 heteroatoms. The van der Waals surface area contributed by atoms with E-state index in [2.05, 4.69) is 24.4 Å². The van der Waals surface area contributed by atoms with Crippen LogP contribution in [-0.4, -0.2) is 33.5 Å². The fourth-order valence-corrected chi connectivity index (χ4v) is 4.26. The molecule has 1 aromatic rings. The number of sulfone groups is 1. The summed E-state index contributed by atoms with van der Waals surface area (Å²) in [6, 6.07) is 10.3. The van der Waals surface area contributed by atoms with Crippen molar-refractivity contribution in [2.75, 3.05) is 25.1 Å². The van der Waals surface area contributed by atoms with Gasteiger partial charge in [-0.1, -0.05) is 44.2 Å². The summed E-state index contributed by atoms with van der Waals surface area (Å²) in [5.74, 6) is 0.562. The summed E-state index contributed by atoms with van der Waals surface area (Å²) in [6.45, 7) is 4.85. The molecule has 0 heterocycles. The van der Waals surface area contributed by atoms with Crippen LogP contribution >= 0.6 is 0 Å². The smallest absolute Gasteiger partial charge is 0.150 e. The van der Waals surface area contributed by atoms with Gasteiger partial charge in [0.25, 0.3) is 0 Å². The Morgan fingerprint density at radius 2 is 1.75 bits per heavy atom. The zero-order chi connectivity index (χ0) is 15.1. The van der Waals surface area contributed by atoms with Gasteiger partial charge in [0, 0.05) is 17.7 Å². The van der Waals surface area contributed by atoms with E-state index in [1.165, 1.54) is 5.56 Å². The zero-order valence-corrected chi connectivity index (χ0v) is 13.7. The van der Waals surface area contributed by atoms with E-state index in [0.29, 0.717) is 18.6 Å². The molecule has 1 N–H and O–H groups in total. The van der Waals surface area contributed by atoms with Gasteiger partial charge in [0.2, 0.25) is 0 Å². The third-order valence-corrected chi connectivity index (χ3v) is 5.84. The van der Waals surface area contributed by atoms with Crippen LogP contribution in [0.2, 0.25) is 0 Å². The molecule has 0 aliphatic rings. The summed E-state index contributed by atoms with van der Waals surface area (Å²) in [7, 11) is -1.00. The molecule has 0 saturated heterocycles. The summed E-state index contributed by atoms with van der Waals surface area (Å²) < 4.78 is 24.0. The average molecular weight is 297 g/mol. The summed E-state index contributed by atoms with van der Waals surface area (Å²) in [5, 5.41) is 3.23. The molecule has 0 spiro atoms. The first-order valence-corrected chi connectivity index (χ1v) is 9.22. The quantitative estimate of drug-likeness (QED) is 0.762. The molecular weight excluding hydrogens is 270 g/mol. The van der Waals surface area contributed by atoms with E-state index in [1.54, 1.807) is 0 Å². The van der Waals surface area contributed by atoms with E-state index in [0.717, 1.165) is 13.0 Å². The van der Waals surface area contributed by atoms with Gasteiger partial charge in [0.1, 0.15) is 9.84 Å². The molecule has 20 heavy (non-hydrogen) atoms. The van der Waals surface area contributed by atoms with Crippen LogP contribution in [0.15, 0.2) is 30.3 Å². The maximum atomic E-state index is 12.0. The topological polar surface area (TPSA) is 46.2 Å². The highest BCUT2D eigenvalue weighted by Gasteiger charge is 2.31. The minimum Gasteiger partial charge on any atom is -0.319 e. The van der Waals surface area contributed by atoms with E-state index >= 15 is 0 Å². The summed E-state index contributed by atoms with van der Waals surface area (Å²) >= 11 is 0. The van der Waals surface area contributed by atoms with Crippen molar-refractivity contribution in [1.82, 2.24) is 5.32 Å². The molecule has 1 atom stereocenters. The lowest BCUT2D eigenvalue weighted by molar-refractivity contribution is 0.380. The van der Waals surface area contributed by atoms with Gasteiger partial charge in [-0.3, -0.25) is 0 Å². The molecule has 1 aromatic carbocycles. The number of nitrogens with one attached hydrogen (secondary N) is 1. The van der Waals surface area contributed by atoms with Gasteiger partial charge in [0.15, 0.2) is 0 Å². The Morgan fingerprint density at radius 3 is 2.25 bits per heavy atom. The molecular formula is C16H27NO2S. The number of hydrogen-bond acceptors (Lipinski definition) is 3. The number of likely N-dealkylation sites (N-methyl/N-ethyl adjacent to an activating group) is 1. The van der Waals surface area contributed by atoms with E-state index < -0.39 is 9.84 Å². The highest BCUT2D eigenvalue weighted by atomic mass is 32.2. The second-order valence-electron chi connectivity index (χ2n) is 5.43. The molecule has 114 valence electrons. The van der Waals surface area contributed by atoms with E-state index in [-0.39, 0.29) is 11.2 Å². The van der Waals surface area contributed by atoms with Crippen LogP contribution in [0.4, 0.5) is 0 Å². The van der Waals surface area contributed by atoms with Crippen molar-refractivity contribution in [3.05, 3.63) is 35.9 Å². The Labute approximate surface area is 123 Å². The number of benzene rings is 1. The van der Waals surface area contributed by atoms with Gasteiger partial charge >= 0.3 is 0 Å². The predicted molar refractivity (Wildman–Crippen MR) is 85.9 cm³/mol. The van der Waals surface area contributed by atoms with Crippen LogP contribution < -0.4 is 5.32 Å².